The van der Waals surface area contributed by atoms with Crippen molar-refractivity contribution in [2.24, 2.45) is 11.7 Å². The van der Waals surface area contributed by atoms with Crippen LogP contribution in [0.4, 0.5) is 0 Å². The van der Waals surface area contributed by atoms with Crippen molar-refractivity contribution in [3.63, 3.8) is 0 Å². The maximum absolute atomic E-state index is 12.6. The van der Waals surface area contributed by atoms with Crippen molar-refractivity contribution in [1.82, 2.24) is 4.31 Å². The van der Waals surface area contributed by atoms with Crippen LogP contribution in [0.5, 0.6) is 0 Å². The first-order chi connectivity index (χ1) is 11.9. The van der Waals surface area contributed by atoms with E-state index >= 15 is 0 Å². The molecular formula is C19H22N2O3S. The van der Waals surface area contributed by atoms with Crippen LogP contribution in [0.3, 0.4) is 0 Å². The zero-order chi connectivity index (χ0) is 17.9. The van der Waals surface area contributed by atoms with Crippen molar-refractivity contribution in [2.75, 3.05) is 13.1 Å². The smallest absolute Gasteiger partial charge is 0.248 e. The first kappa shape index (κ1) is 17.6. The Bertz CT molecular complexity index is 850. The summed E-state index contributed by atoms with van der Waals surface area (Å²) in [5.41, 5.74) is 7.63. The summed E-state index contributed by atoms with van der Waals surface area (Å²) in [5.74, 6) is -0.147. The molecule has 1 aliphatic rings. The number of rotatable bonds is 6. The van der Waals surface area contributed by atoms with E-state index in [9.17, 15) is 13.2 Å². The number of nitrogens with two attached hydrogens (primary N) is 1. The fourth-order valence-corrected chi connectivity index (χ4v) is 4.90. The Kier molecular flexibility index (Phi) is 5.20. The van der Waals surface area contributed by atoms with Gasteiger partial charge in [-0.25, -0.2) is 12.7 Å². The van der Waals surface area contributed by atoms with Gasteiger partial charge in [0, 0.05) is 18.7 Å². The van der Waals surface area contributed by atoms with Gasteiger partial charge in [0.2, 0.25) is 15.9 Å². The lowest BCUT2D eigenvalue weighted by atomic mass is 9.97. The summed E-state index contributed by atoms with van der Waals surface area (Å²) in [6.45, 7) is 1.07. The number of hydrogen-bond donors (Lipinski definition) is 1. The molecule has 1 saturated heterocycles. The van der Waals surface area contributed by atoms with Gasteiger partial charge in [-0.15, -0.1) is 0 Å². The van der Waals surface area contributed by atoms with E-state index in [4.69, 9.17) is 5.73 Å². The minimum absolute atomic E-state index is 0.0394. The van der Waals surface area contributed by atoms with E-state index in [1.165, 1.54) is 0 Å². The third-order valence-electron chi connectivity index (χ3n) is 4.57. The number of primary amides is 1. The molecule has 1 aliphatic heterocycles. The van der Waals surface area contributed by atoms with Gasteiger partial charge < -0.3 is 5.73 Å². The summed E-state index contributed by atoms with van der Waals surface area (Å²) in [7, 11) is -3.30. The monoisotopic (exact) mass is 358 g/mol. The van der Waals surface area contributed by atoms with Gasteiger partial charge in [-0.05, 0) is 42.0 Å². The molecule has 0 unspecified atom stereocenters. The SMILES string of the molecule is NC(=O)c1cccc(C[C@H]2CCN(S(=O)(=O)Cc3ccccc3)C2)c1. The van der Waals surface area contributed by atoms with Crippen LogP contribution < -0.4 is 5.73 Å². The molecule has 1 amide bonds. The molecule has 2 aromatic carbocycles. The molecule has 132 valence electrons. The Morgan fingerprint density at radius 2 is 1.80 bits per heavy atom. The second kappa shape index (κ2) is 7.37. The van der Waals surface area contributed by atoms with E-state index in [0.717, 1.165) is 24.0 Å². The largest absolute Gasteiger partial charge is 0.366 e. The topological polar surface area (TPSA) is 80.5 Å². The van der Waals surface area contributed by atoms with Crippen LogP contribution in [0.25, 0.3) is 0 Å². The number of sulfonamides is 1. The molecule has 0 aliphatic carbocycles. The minimum Gasteiger partial charge on any atom is -0.366 e. The molecule has 0 aromatic heterocycles. The molecule has 2 N–H and O–H groups in total. The van der Waals surface area contributed by atoms with E-state index in [1.807, 2.05) is 42.5 Å². The Labute approximate surface area is 148 Å². The van der Waals surface area contributed by atoms with E-state index in [0.29, 0.717) is 18.7 Å². The van der Waals surface area contributed by atoms with Gasteiger partial charge in [0.05, 0.1) is 5.75 Å². The third kappa shape index (κ3) is 4.46. The molecule has 6 heteroatoms. The fraction of sp³-hybridized carbons (Fsp3) is 0.316. The van der Waals surface area contributed by atoms with Crippen LogP contribution >= 0.6 is 0 Å². The number of nitrogens with zero attached hydrogens (tertiary/aromatic N) is 1. The van der Waals surface area contributed by atoms with Gasteiger partial charge in [0.25, 0.3) is 0 Å². The Balaban J connectivity index is 1.63. The maximum Gasteiger partial charge on any atom is 0.248 e. The number of hydrogen-bond acceptors (Lipinski definition) is 3. The van der Waals surface area contributed by atoms with Crippen LogP contribution in [-0.4, -0.2) is 31.7 Å². The van der Waals surface area contributed by atoms with Crippen molar-refractivity contribution in [3.05, 3.63) is 71.3 Å². The second-order valence-electron chi connectivity index (χ2n) is 6.52. The third-order valence-corrected chi connectivity index (χ3v) is 6.39. The number of amides is 1. The van der Waals surface area contributed by atoms with E-state index < -0.39 is 15.9 Å². The van der Waals surface area contributed by atoms with Crippen molar-refractivity contribution in [2.45, 2.75) is 18.6 Å². The first-order valence-electron chi connectivity index (χ1n) is 8.34. The van der Waals surface area contributed by atoms with Crippen LogP contribution in [0.15, 0.2) is 54.6 Å². The Morgan fingerprint density at radius 1 is 1.08 bits per heavy atom. The van der Waals surface area contributed by atoms with Crippen molar-refractivity contribution >= 4 is 15.9 Å². The van der Waals surface area contributed by atoms with E-state index in [2.05, 4.69) is 0 Å². The Morgan fingerprint density at radius 3 is 2.52 bits per heavy atom. The number of carbonyl (C=O) groups excluding carboxylic acids is 1. The van der Waals surface area contributed by atoms with Gasteiger partial charge in [-0.2, -0.15) is 0 Å². The van der Waals surface area contributed by atoms with Crippen molar-refractivity contribution < 1.29 is 13.2 Å². The zero-order valence-corrected chi connectivity index (χ0v) is 14.8. The highest BCUT2D eigenvalue weighted by Gasteiger charge is 2.31. The standard InChI is InChI=1S/C19H22N2O3S/c20-19(22)18-8-4-7-16(12-18)11-17-9-10-21(13-17)25(23,24)14-15-5-2-1-3-6-15/h1-8,12,17H,9-11,13-14H2,(H2,20,22)/t17-/m1/s1. The summed E-state index contributed by atoms with van der Waals surface area (Å²) < 4.78 is 26.8. The molecule has 0 spiro atoms. The van der Waals surface area contributed by atoms with Crippen LogP contribution in [0, 0.1) is 5.92 Å². The zero-order valence-electron chi connectivity index (χ0n) is 14.0. The predicted octanol–water partition coefficient (Wildman–Crippen LogP) is 2.18. The lowest BCUT2D eigenvalue weighted by Gasteiger charge is -2.17. The fourth-order valence-electron chi connectivity index (χ4n) is 3.28. The van der Waals surface area contributed by atoms with Gasteiger partial charge in [0.15, 0.2) is 0 Å². The van der Waals surface area contributed by atoms with Gasteiger partial charge in [-0.1, -0.05) is 42.5 Å². The number of carbonyl (C=O) groups is 1. The van der Waals surface area contributed by atoms with Crippen LogP contribution in [-0.2, 0) is 22.2 Å². The molecule has 1 atom stereocenters. The summed E-state index contributed by atoms with van der Waals surface area (Å²) in [4.78, 5) is 11.3. The highest BCUT2D eigenvalue weighted by molar-refractivity contribution is 7.88. The van der Waals surface area contributed by atoms with Crippen LogP contribution in [0.1, 0.15) is 27.9 Å². The number of benzene rings is 2. The normalized spacial score (nSPS) is 18.3. The molecular weight excluding hydrogens is 336 g/mol. The molecule has 0 bridgehead atoms. The predicted molar refractivity (Wildman–Crippen MR) is 97.4 cm³/mol. The van der Waals surface area contributed by atoms with Crippen LogP contribution in [0.2, 0.25) is 0 Å². The van der Waals surface area contributed by atoms with Gasteiger partial charge in [-0.3, -0.25) is 4.79 Å². The van der Waals surface area contributed by atoms with E-state index in [1.54, 1.807) is 16.4 Å². The first-order valence-corrected chi connectivity index (χ1v) is 9.95. The van der Waals surface area contributed by atoms with Gasteiger partial charge >= 0.3 is 0 Å². The summed E-state index contributed by atoms with van der Waals surface area (Å²) in [6, 6.07) is 16.5. The van der Waals surface area contributed by atoms with Crippen molar-refractivity contribution in [3.8, 4) is 0 Å². The minimum atomic E-state index is -3.30. The molecule has 1 fully saturated rings. The molecule has 25 heavy (non-hydrogen) atoms. The molecule has 3 rings (SSSR count). The average molecular weight is 358 g/mol. The average Bonchev–Trinajstić information content (AvgIpc) is 3.05. The van der Waals surface area contributed by atoms with E-state index in [-0.39, 0.29) is 11.7 Å². The Hall–Kier alpha value is -2.18. The van der Waals surface area contributed by atoms with Crippen molar-refractivity contribution in [1.29, 1.82) is 0 Å². The summed E-state index contributed by atoms with van der Waals surface area (Å²) in [6.07, 6.45) is 1.58. The second-order valence-corrected chi connectivity index (χ2v) is 8.49. The quantitative estimate of drug-likeness (QED) is 0.859. The molecule has 0 saturated carbocycles. The highest BCUT2D eigenvalue weighted by atomic mass is 32.2. The molecule has 1 heterocycles. The van der Waals surface area contributed by atoms with Gasteiger partial charge in [0.1, 0.15) is 0 Å². The highest BCUT2D eigenvalue weighted by Crippen LogP contribution is 2.25. The lowest BCUT2D eigenvalue weighted by Crippen LogP contribution is -2.30. The lowest BCUT2D eigenvalue weighted by molar-refractivity contribution is 0.1000. The summed E-state index contributed by atoms with van der Waals surface area (Å²) >= 11 is 0. The molecule has 5 nitrogen and oxygen atoms in total. The maximum atomic E-state index is 12.6. The molecule has 0 radical (unpaired) electrons. The molecule has 2 aromatic rings. The summed E-state index contributed by atoms with van der Waals surface area (Å²) in [5, 5.41) is 0.